The Morgan fingerprint density at radius 3 is 2.88 bits per heavy atom. The van der Waals surface area contributed by atoms with Gasteiger partial charge in [0.1, 0.15) is 12.5 Å². The minimum Gasteiger partial charge on any atom is -0.478 e. The third-order valence-corrected chi connectivity index (χ3v) is 2.40. The van der Waals surface area contributed by atoms with Crippen LogP contribution in [0.15, 0.2) is 30.9 Å². The molecule has 0 N–H and O–H groups in total. The second-order valence-corrected chi connectivity index (χ2v) is 3.68. The van der Waals surface area contributed by atoms with Gasteiger partial charge in [0.15, 0.2) is 0 Å². The van der Waals surface area contributed by atoms with E-state index in [2.05, 4.69) is 36.6 Å². The highest BCUT2D eigenvalue weighted by Crippen LogP contribution is 2.25. The molecule has 1 heterocycles. The van der Waals surface area contributed by atoms with Gasteiger partial charge in [-0.3, -0.25) is 4.90 Å². The molecule has 0 spiro atoms. The number of hydrogen-bond acceptors (Lipinski definition) is 2. The first-order valence-electron chi connectivity index (χ1n) is 5.85. The van der Waals surface area contributed by atoms with Gasteiger partial charge < -0.3 is 4.74 Å². The van der Waals surface area contributed by atoms with Gasteiger partial charge in [0, 0.05) is 18.7 Å². The molecule has 0 amide bonds. The second kappa shape index (κ2) is 6.33. The fourth-order valence-electron chi connectivity index (χ4n) is 1.72. The van der Waals surface area contributed by atoms with Crippen LogP contribution in [0.5, 0.6) is 5.75 Å². The predicted octanol–water partition coefficient (Wildman–Crippen LogP) is 3.36. The van der Waals surface area contributed by atoms with Crippen molar-refractivity contribution in [3.8, 4) is 5.75 Å². The van der Waals surface area contributed by atoms with E-state index >= 15 is 0 Å². The monoisotopic (exact) mass is 219 g/mol. The fourth-order valence-corrected chi connectivity index (χ4v) is 1.72. The molecule has 2 heteroatoms. The highest BCUT2D eigenvalue weighted by Gasteiger charge is 2.15. The normalized spacial score (nSPS) is 14.2. The SMILES string of the molecule is C=CCN1COc2ccc(C)cc2C1.CC. The first-order valence-corrected chi connectivity index (χ1v) is 5.85. The van der Waals surface area contributed by atoms with Crippen LogP contribution in [-0.2, 0) is 6.54 Å². The Balaban J connectivity index is 0.000000606. The fraction of sp³-hybridized carbons (Fsp3) is 0.429. The van der Waals surface area contributed by atoms with Crippen LogP contribution in [0.2, 0.25) is 0 Å². The molecule has 0 saturated carbocycles. The Hall–Kier alpha value is -1.28. The smallest absolute Gasteiger partial charge is 0.142 e. The number of rotatable bonds is 2. The number of benzene rings is 1. The average molecular weight is 219 g/mol. The van der Waals surface area contributed by atoms with Crippen LogP contribution in [-0.4, -0.2) is 18.2 Å². The van der Waals surface area contributed by atoms with Crippen LogP contribution < -0.4 is 4.74 Å². The maximum Gasteiger partial charge on any atom is 0.142 e. The van der Waals surface area contributed by atoms with Crippen molar-refractivity contribution in [3.63, 3.8) is 0 Å². The molecule has 0 saturated heterocycles. The maximum atomic E-state index is 5.62. The average Bonchev–Trinajstić information content (AvgIpc) is 2.31. The number of nitrogens with zero attached hydrogens (tertiary/aromatic N) is 1. The molecule has 0 aromatic heterocycles. The summed E-state index contributed by atoms with van der Waals surface area (Å²) in [7, 11) is 0. The lowest BCUT2D eigenvalue weighted by atomic mass is 10.1. The van der Waals surface area contributed by atoms with Crippen LogP contribution in [0.1, 0.15) is 25.0 Å². The van der Waals surface area contributed by atoms with Gasteiger partial charge in [-0.15, -0.1) is 6.58 Å². The first-order chi connectivity index (χ1) is 7.79. The van der Waals surface area contributed by atoms with Crippen LogP contribution in [0.3, 0.4) is 0 Å². The van der Waals surface area contributed by atoms with Crippen molar-refractivity contribution in [1.29, 1.82) is 0 Å². The van der Waals surface area contributed by atoms with Gasteiger partial charge in [-0.1, -0.05) is 37.6 Å². The van der Waals surface area contributed by atoms with Gasteiger partial charge >= 0.3 is 0 Å². The largest absolute Gasteiger partial charge is 0.478 e. The van der Waals surface area contributed by atoms with E-state index in [9.17, 15) is 0 Å². The molecule has 1 aliphatic rings. The Bertz CT molecular complexity index is 347. The lowest BCUT2D eigenvalue weighted by molar-refractivity contribution is 0.107. The van der Waals surface area contributed by atoms with Crippen molar-refractivity contribution >= 4 is 0 Å². The topological polar surface area (TPSA) is 12.5 Å². The zero-order valence-electron chi connectivity index (χ0n) is 10.5. The van der Waals surface area contributed by atoms with Crippen molar-refractivity contribution < 1.29 is 4.74 Å². The third-order valence-electron chi connectivity index (χ3n) is 2.40. The molecule has 0 bridgehead atoms. The highest BCUT2D eigenvalue weighted by atomic mass is 16.5. The molecule has 0 atom stereocenters. The minimum absolute atomic E-state index is 0.669. The van der Waals surface area contributed by atoms with E-state index in [1.54, 1.807) is 0 Å². The lowest BCUT2D eigenvalue weighted by Gasteiger charge is -2.28. The van der Waals surface area contributed by atoms with Crippen molar-refractivity contribution in [2.24, 2.45) is 0 Å². The molecular weight excluding hydrogens is 198 g/mol. The number of ether oxygens (including phenoxy) is 1. The van der Waals surface area contributed by atoms with Crippen molar-refractivity contribution in [3.05, 3.63) is 42.0 Å². The zero-order valence-corrected chi connectivity index (χ0v) is 10.5. The van der Waals surface area contributed by atoms with E-state index in [1.165, 1.54) is 11.1 Å². The van der Waals surface area contributed by atoms with Crippen LogP contribution in [0.25, 0.3) is 0 Å². The van der Waals surface area contributed by atoms with Gasteiger partial charge in [0.2, 0.25) is 0 Å². The van der Waals surface area contributed by atoms with Crippen LogP contribution in [0.4, 0.5) is 0 Å². The van der Waals surface area contributed by atoms with E-state index < -0.39 is 0 Å². The number of aryl methyl sites for hydroxylation is 1. The van der Waals surface area contributed by atoms with Crippen LogP contribution >= 0.6 is 0 Å². The lowest BCUT2D eigenvalue weighted by Crippen LogP contribution is -2.31. The van der Waals surface area contributed by atoms with Crippen LogP contribution in [0, 0.1) is 6.92 Å². The van der Waals surface area contributed by atoms with Gasteiger partial charge in [0.05, 0.1) is 0 Å². The summed E-state index contributed by atoms with van der Waals surface area (Å²) < 4.78 is 5.62. The van der Waals surface area contributed by atoms with Crippen molar-refractivity contribution in [1.82, 2.24) is 4.90 Å². The van der Waals surface area contributed by atoms with Gasteiger partial charge in [0.25, 0.3) is 0 Å². The molecule has 88 valence electrons. The maximum absolute atomic E-state index is 5.62. The Morgan fingerprint density at radius 2 is 2.19 bits per heavy atom. The Morgan fingerprint density at radius 1 is 1.44 bits per heavy atom. The predicted molar refractivity (Wildman–Crippen MR) is 68.6 cm³/mol. The third kappa shape index (κ3) is 3.11. The minimum atomic E-state index is 0.669. The molecule has 16 heavy (non-hydrogen) atoms. The molecular formula is C14H21NO. The first kappa shape index (κ1) is 12.8. The van der Waals surface area contributed by atoms with E-state index in [0.717, 1.165) is 18.8 Å². The summed E-state index contributed by atoms with van der Waals surface area (Å²) in [6.45, 7) is 12.3. The van der Waals surface area contributed by atoms with E-state index in [0.29, 0.717) is 6.73 Å². The summed E-state index contributed by atoms with van der Waals surface area (Å²) >= 11 is 0. The Labute approximate surface area is 98.5 Å². The Kier molecular flexibility index (Phi) is 5.06. The van der Waals surface area contributed by atoms with Gasteiger partial charge in [-0.25, -0.2) is 0 Å². The molecule has 0 fully saturated rings. The van der Waals surface area contributed by atoms with Gasteiger partial charge in [-0.05, 0) is 13.0 Å². The number of hydrogen-bond donors (Lipinski definition) is 0. The standard InChI is InChI=1S/C12H15NO.C2H6/c1-3-6-13-8-11-7-10(2)4-5-12(11)14-9-13;1-2/h3-5,7H,1,6,8-9H2,2H3;1-2H3. The quantitative estimate of drug-likeness (QED) is 0.707. The summed E-state index contributed by atoms with van der Waals surface area (Å²) in [6, 6.07) is 6.32. The van der Waals surface area contributed by atoms with E-state index in [4.69, 9.17) is 4.74 Å². The number of fused-ring (bicyclic) bond motifs is 1. The molecule has 1 aromatic carbocycles. The molecule has 0 unspecified atom stereocenters. The molecule has 0 aliphatic carbocycles. The summed E-state index contributed by atoms with van der Waals surface area (Å²) in [5.74, 6) is 1.02. The summed E-state index contributed by atoms with van der Waals surface area (Å²) in [5, 5.41) is 0. The second-order valence-electron chi connectivity index (χ2n) is 3.68. The van der Waals surface area contributed by atoms with Crippen molar-refractivity contribution in [2.45, 2.75) is 27.3 Å². The molecule has 1 aliphatic heterocycles. The molecule has 2 rings (SSSR count). The van der Waals surface area contributed by atoms with E-state index in [-0.39, 0.29) is 0 Å². The molecule has 1 aromatic rings. The van der Waals surface area contributed by atoms with Gasteiger partial charge in [-0.2, -0.15) is 0 Å². The highest BCUT2D eigenvalue weighted by molar-refractivity contribution is 5.37. The summed E-state index contributed by atoms with van der Waals surface area (Å²) in [4.78, 5) is 2.22. The van der Waals surface area contributed by atoms with Crippen molar-refractivity contribution in [2.75, 3.05) is 13.3 Å². The zero-order chi connectivity index (χ0) is 12.0. The summed E-state index contributed by atoms with van der Waals surface area (Å²) in [5.41, 5.74) is 2.56. The molecule has 2 nitrogen and oxygen atoms in total. The van der Waals surface area contributed by atoms with E-state index in [1.807, 2.05) is 19.9 Å². The molecule has 0 radical (unpaired) electrons. The summed E-state index contributed by atoms with van der Waals surface area (Å²) in [6.07, 6.45) is 1.91.